The Balaban J connectivity index is 1.42. The van der Waals surface area contributed by atoms with E-state index in [9.17, 15) is 9.90 Å². The van der Waals surface area contributed by atoms with Crippen molar-refractivity contribution in [1.29, 1.82) is 0 Å². The van der Waals surface area contributed by atoms with Gasteiger partial charge in [-0.1, -0.05) is 12.1 Å². The lowest BCUT2D eigenvalue weighted by molar-refractivity contribution is 0.0677. The van der Waals surface area contributed by atoms with Gasteiger partial charge in [-0.15, -0.1) is 0 Å². The summed E-state index contributed by atoms with van der Waals surface area (Å²) in [5.74, 6) is 1.54. The van der Waals surface area contributed by atoms with Crippen LogP contribution in [0.25, 0.3) is 11.3 Å². The van der Waals surface area contributed by atoms with Crippen molar-refractivity contribution in [1.82, 2.24) is 19.9 Å². The number of benzene rings is 1. The fourth-order valence-corrected chi connectivity index (χ4v) is 5.41. The number of amides is 1. The second kappa shape index (κ2) is 9.83. The van der Waals surface area contributed by atoms with Gasteiger partial charge in [-0.25, -0.2) is 4.98 Å². The number of nitrogens with zero attached hydrogens (tertiary/aromatic N) is 6. The Morgan fingerprint density at radius 1 is 1.08 bits per heavy atom. The van der Waals surface area contributed by atoms with Gasteiger partial charge < -0.3 is 24.5 Å². The van der Waals surface area contributed by atoms with E-state index in [4.69, 9.17) is 14.7 Å². The first-order valence-corrected chi connectivity index (χ1v) is 12.7. The Morgan fingerprint density at radius 2 is 1.97 bits per heavy atom. The average Bonchev–Trinajstić information content (AvgIpc) is 3.60. The van der Waals surface area contributed by atoms with Crippen molar-refractivity contribution < 1.29 is 14.6 Å². The van der Waals surface area contributed by atoms with Crippen LogP contribution in [0.3, 0.4) is 0 Å². The standard InChI is InChI=1S/C27H30N6O3/c34-18-22-7-3-10-33(22)26(35)20-5-1-4-19(16-20)24-23-8-11-32(21-6-2-9-28-17-21)25(23)30-27(29-24)31-12-14-36-15-13-31/h1-2,4-6,9,16-17,22,34H,3,7-8,10-15,18H2. The summed E-state index contributed by atoms with van der Waals surface area (Å²) in [7, 11) is 0. The molecule has 1 atom stereocenters. The lowest BCUT2D eigenvalue weighted by atomic mass is 10.0. The molecule has 3 aromatic rings. The first-order chi connectivity index (χ1) is 17.7. The van der Waals surface area contributed by atoms with E-state index >= 15 is 0 Å². The zero-order chi connectivity index (χ0) is 24.5. The number of anilines is 3. The van der Waals surface area contributed by atoms with Crippen molar-refractivity contribution >= 4 is 23.4 Å². The Kier molecular flexibility index (Phi) is 6.25. The zero-order valence-corrected chi connectivity index (χ0v) is 20.2. The normalized spacial score (nSPS) is 19.6. The third kappa shape index (κ3) is 4.18. The Morgan fingerprint density at radius 3 is 2.78 bits per heavy atom. The molecule has 0 bridgehead atoms. The number of carbonyl (C=O) groups is 1. The highest BCUT2D eigenvalue weighted by atomic mass is 16.5. The summed E-state index contributed by atoms with van der Waals surface area (Å²) in [4.78, 5) is 33.9. The molecule has 9 heteroatoms. The van der Waals surface area contributed by atoms with Gasteiger partial charge >= 0.3 is 0 Å². The highest BCUT2D eigenvalue weighted by Gasteiger charge is 2.31. The zero-order valence-electron chi connectivity index (χ0n) is 20.2. The Bertz CT molecular complexity index is 1250. The van der Waals surface area contributed by atoms with Crippen LogP contribution in [-0.2, 0) is 11.2 Å². The molecule has 6 rings (SSSR count). The largest absolute Gasteiger partial charge is 0.394 e. The average molecular weight is 487 g/mol. The maximum Gasteiger partial charge on any atom is 0.254 e. The van der Waals surface area contributed by atoms with Gasteiger partial charge in [0.25, 0.3) is 5.91 Å². The Hall–Kier alpha value is -3.56. The summed E-state index contributed by atoms with van der Waals surface area (Å²) < 4.78 is 5.55. The van der Waals surface area contributed by atoms with Crippen molar-refractivity contribution in [2.45, 2.75) is 25.3 Å². The number of fused-ring (bicyclic) bond motifs is 1. The maximum atomic E-state index is 13.3. The van der Waals surface area contributed by atoms with E-state index in [1.54, 1.807) is 11.1 Å². The molecule has 2 fully saturated rings. The molecule has 36 heavy (non-hydrogen) atoms. The number of aliphatic hydroxyl groups is 1. The number of hydrogen-bond donors (Lipinski definition) is 1. The van der Waals surface area contributed by atoms with Crippen molar-refractivity contribution in [3.8, 4) is 11.3 Å². The molecule has 1 unspecified atom stereocenters. The van der Waals surface area contributed by atoms with Crippen molar-refractivity contribution in [2.75, 3.05) is 55.8 Å². The summed E-state index contributed by atoms with van der Waals surface area (Å²) in [6.45, 7) is 4.24. The van der Waals surface area contributed by atoms with Crippen molar-refractivity contribution in [3.05, 3.63) is 59.9 Å². The summed E-state index contributed by atoms with van der Waals surface area (Å²) in [6.07, 6.45) is 6.20. The molecule has 2 aromatic heterocycles. The number of aliphatic hydroxyl groups excluding tert-OH is 1. The van der Waals surface area contributed by atoms with Crippen LogP contribution >= 0.6 is 0 Å². The minimum absolute atomic E-state index is 0.00205. The Labute approximate surface area is 210 Å². The molecule has 5 heterocycles. The second-order valence-electron chi connectivity index (χ2n) is 9.44. The third-order valence-electron chi connectivity index (χ3n) is 7.30. The van der Waals surface area contributed by atoms with Crippen LogP contribution in [0.4, 0.5) is 17.5 Å². The molecule has 1 aromatic carbocycles. The van der Waals surface area contributed by atoms with Gasteiger partial charge in [-0.3, -0.25) is 9.78 Å². The van der Waals surface area contributed by atoms with E-state index in [0.29, 0.717) is 31.3 Å². The number of likely N-dealkylation sites (tertiary alicyclic amines) is 1. The van der Waals surface area contributed by atoms with E-state index in [-0.39, 0.29) is 18.6 Å². The topological polar surface area (TPSA) is 94.9 Å². The van der Waals surface area contributed by atoms with Crippen LogP contribution in [0, 0.1) is 0 Å². The summed E-state index contributed by atoms with van der Waals surface area (Å²) >= 11 is 0. The molecule has 0 spiro atoms. The summed E-state index contributed by atoms with van der Waals surface area (Å²) in [6, 6.07) is 11.6. The van der Waals surface area contributed by atoms with E-state index in [0.717, 1.165) is 67.2 Å². The van der Waals surface area contributed by atoms with Crippen LogP contribution in [-0.4, -0.2) is 82.9 Å². The van der Waals surface area contributed by atoms with Gasteiger partial charge in [0.2, 0.25) is 5.95 Å². The molecule has 186 valence electrons. The number of ether oxygens (including phenoxy) is 1. The molecule has 9 nitrogen and oxygen atoms in total. The lowest BCUT2D eigenvalue weighted by Gasteiger charge is -2.28. The van der Waals surface area contributed by atoms with E-state index in [1.807, 2.05) is 42.6 Å². The number of pyridine rings is 1. The molecule has 1 amide bonds. The van der Waals surface area contributed by atoms with Gasteiger partial charge in [-0.05, 0) is 43.5 Å². The van der Waals surface area contributed by atoms with Gasteiger partial charge in [0.1, 0.15) is 5.82 Å². The lowest BCUT2D eigenvalue weighted by Crippen LogP contribution is -2.37. The maximum absolute atomic E-state index is 13.3. The van der Waals surface area contributed by atoms with Gasteiger partial charge in [-0.2, -0.15) is 4.98 Å². The monoisotopic (exact) mass is 486 g/mol. The number of carbonyl (C=O) groups excluding carboxylic acids is 1. The highest BCUT2D eigenvalue weighted by Crippen LogP contribution is 2.39. The van der Waals surface area contributed by atoms with Gasteiger partial charge in [0.05, 0.1) is 43.4 Å². The first-order valence-electron chi connectivity index (χ1n) is 12.7. The summed E-state index contributed by atoms with van der Waals surface area (Å²) in [5, 5.41) is 9.71. The van der Waals surface area contributed by atoms with E-state index in [1.165, 1.54) is 0 Å². The molecule has 0 aliphatic carbocycles. The number of rotatable bonds is 5. The van der Waals surface area contributed by atoms with Crippen LogP contribution in [0.15, 0.2) is 48.8 Å². The molecule has 0 radical (unpaired) electrons. The fourth-order valence-electron chi connectivity index (χ4n) is 5.41. The number of hydrogen-bond acceptors (Lipinski definition) is 8. The third-order valence-corrected chi connectivity index (χ3v) is 7.30. The number of aromatic nitrogens is 3. The van der Waals surface area contributed by atoms with Crippen LogP contribution in [0.1, 0.15) is 28.8 Å². The predicted molar refractivity (Wildman–Crippen MR) is 137 cm³/mol. The SMILES string of the molecule is O=C(c1cccc(-c2nc(N3CCOCC3)nc3c2CCN3c2cccnc2)c1)N1CCCC1CO. The molecular formula is C27H30N6O3. The van der Waals surface area contributed by atoms with Crippen LogP contribution in [0.2, 0.25) is 0 Å². The molecule has 2 saturated heterocycles. The fraction of sp³-hybridized carbons (Fsp3) is 0.407. The minimum atomic E-state index is -0.106. The smallest absolute Gasteiger partial charge is 0.254 e. The van der Waals surface area contributed by atoms with Gasteiger partial charge in [0.15, 0.2) is 0 Å². The van der Waals surface area contributed by atoms with Crippen LogP contribution in [0.5, 0.6) is 0 Å². The van der Waals surface area contributed by atoms with Crippen molar-refractivity contribution in [3.63, 3.8) is 0 Å². The molecule has 0 saturated carbocycles. The number of morpholine rings is 1. The summed E-state index contributed by atoms with van der Waals surface area (Å²) in [5.41, 5.74) is 4.47. The minimum Gasteiger partial charge on any atom is -0.394 e. The quantitative estimate of drug-likeness (QED) is 0.588. The molecular weight excluding hydrogens is 456 g/mol. The molecule has 3 aliphatic heterocycles. The highest BCUT2D eigenvalue weighted by molar-refractivity contribution is 5.96. The first kappa shape index (κ1) is 22.9. The molecule has 3 aliphatic rings. The predicted octanol–water partition coefficient (Wildman–Crippen LogP) is 2.67. The molecule has 1 N–H and O–H groups in total. The van der Waals surface area contributed by atoms with E-state index < -0.39 is 0 Å². The second-order valence-corrected chi connectivity index (χ2v) is 9.44. The van der Waals surface area contributed by atoms with Crippen molar-refractivity contribution in [2.24, 2.45) is 0 Å². The van der Waals surface area contributed by atoms with Gasteiger partial charge in [0, 0.05) is 49.1 Å². The van der Waals surface area contributed by atoms with E-state index in [2.05, 4.69) is 14.8 Å². The van der Waals surface area contributed by atoms with Crippen LogP contribution < -0.4 is 9.80 Å².